The molecule has 0 saturated heterocycles. The van der Waals surface area contributed by atoms with E-state index in [0.717, 1.165) is 18.5 Å². The number of carbonyl (C=O) groups is 1. The zero-order chi connectivity index (χ0) is 15.8. The Hall–Kier alpha value is -1.49. The Bertz CT molecular complexity index is 443. The maximum absolute atomic E-state index is 12.3. The van der Waals surface area contributed by atoms with E-state index in [9.17, 15) is 4.79 Å². The van der Waals surface area contributed by atoms with Crippen molar-refractivity contribution in [2.75, 3.05) is 13.6 Å². The topological polar surface area (TPSA) is 58.1 Å². The normalized spacial score (nSPS) is 18.5. The number of amides is 1. The lowest BCUT2D eigenvalue weighted by atomic mass is 9.97. The Morgan fingerprint density at radius 1 is 1.32 bits per heavy atom. The number of nitrogens with zero attached hydrogens (tertiary/aromatic N) is 3. The van der Waals surface area contributed by atoms with Gasteiger partial charge in [-0.05, 0) is 32.9 Å². The van der Waals surface area contributed by atoms with E-state index in [0.29, 0.717) is 12.6 Å². The lowest BCUT2D eigenvalue weighted by molar-refractivity contribution is -0.123. The Morgan fingerprint density at radius 2 is 2.00 bits per heavy atom. The maximum atomic E-state index is 12.3. The van der Waals surface area contributed by atoms with Gasteiger partial charge in [0.1, 0.15) is 6.33 Å². The average Bonchev–Trinajstić information content (AvgIpc) is 2.50. The van der Waals surface area contributed by atoms with Crippen molar-refractivity contribution in [3.05, 3.63) is 24.3 Å². The van der Waals surface area contributed by atoms with Crippen LogP contribution in [0.3, 0.4) is 0 Å². The number of hydrogen-bond donors (Lipinski definition) is 1. The molecule has 2 rings (SSSR count). The number of aromatic nitrogens is 2. The fourth-order valence-corrected chi connectivity index (χ4v) is 3.01. The summed E-state index contributed by atoms with van der Waals surface area (Å²) in [6.07, 6.45) is 12.0. The van der Waals surface area contributed by atoms with E-state index < -0.39 is 0 Å². The molecule has 0 bridgehead atoms. The van der Waals surface area contributed by atoms with Crippen LogP contribution in [0.1, 0.15) is 63.6 Å². The average molecular weight is 304 g/mol. The van der Waals surface area contributed by atoms with Crippen molar-refractivity contribution in [1.82, 2.24) is 20.2 Å². The summed E-state index contributed by atoms with van der Waals surface area (Å²) >= 11 is 0. The van der Waals surface area contributed by atoms with Crippen molar-refractivity contribution in [3.8, 4) is 0 Å². The smallest absolute Gasteiger partial charge is 0.234 e. The first-order valence-electron chi connectivity index (χ1n) is 8.42. The van der Waals surface area contributed by atoms with Crippen LogP contribution >= 0.6 is 0 Å². The molecular formula is C17H28N4O. The Kier molecular flexibility index (Phi) is 6.77. The molecule has 5 nitrogen and oxygen atoms in total. The van der Waals surface area contributed by atoms with Gasteiger partial charge in [-0.2, -0.15) is 0 Å². The number of carbonyl (C=O) groups excluding carboxylic acids is 1. The van der Waals surface area contributed by atoms with Gasteiger partial charge < -0.3 is 5.32 Å². The van der Waals surface area contributed by atoms with Crippen LogP contribution in [-0.2, 0) is 4.79 Å². The van der Waals surface area contributed by atoms with Gasteiger partial charge in [0.25, 0.3) is 0 Å². The third-order valence-electron chi connectivity index (χ3n) is 4.56. The van der Waals surface area contributed by atoms with E-state index in [1.165, 1.54) is 32.1 Å². The molecule has 1 aromatic rings. The molecule has 22 heavy (non-hydrogen) atoms. The first-order valence-corrected chi connectivity index (χ1v) is 8.42. The zero-order valence-electron chi connectivity index (χ0n) is 13.8. The van der Waals surface area contributed by atoms with E-state index in [4.69, 9.17) is 0 Å². The molecule has 1 atom stereocenters. The molecule has 122 valence electrons. The van der Waals surface area contributed by atoms with Gasteiger partial charge in [0.15, 0.2) is 0 Å². The van der Waals surface area contributed by atoms with Crippen molar-refractivity contribution >= 4 is 5.91 Å². The van der Waals surface area contributed by atoms with Crippen LogP contribution in [0.5, 0.6) is 0 Å². The second kappa shape index (κ2) is 8.83. The fraction of sp³-hybridized carbons (Fsp3) is 0.706. The highest BCUT2D eigenvalue weighted by Crippen LogP contribution is 2.18. The second-order valence-electron chi connectivity index (χ2n) is 6.33. The standard InChI is InChI=1S/C17H28N4O/c1-14(16-10-11-18-13-19-16)21(2)12-17(22)20-15-8-6-4-3-5-7-9-15/h10-11,13-15H,3-9,12H2,1-2H3,(H,20,22)/t14-/m0/s1. The molecule has 1 saturated carbocycles. The van der Waals surface area contributed by atoms with Crippen LogP contribution in [0.2, 0.25) is 0 Å². The van der Waals surface area contributed by atoms with Crippen LogP contribution in [0.4, 0.5) is 0 Å². The highest BCUT2D eigenvalue weighted by atomic mass is 16.2. The second-order valence-corrected chi connectivity index (χ2v) is 6.33. The number of likely N-dealkylation sites (N-methyl/N-ethyl adjacent to an activating group) is 1. The molecular weight excluding hydrogens is 276 g/mol. The molecule has 0 aliphatic heterocycles. The summed E-state index contributed by atoms with van der Waals surface area (Å²) in [6, 6.07) is 2.36. The van der Waals surface area contributed by atoms with Gasteiger partial charge in [0, 0.05) is 18.3 Å². The van der Waals surface area contributed by atoms with Gasteiger partial charge in [-0.15, -0.1) is 0 Å². The molecule has 1 heterocycles. The fourth-order valence-electron chi connectivity index (χ4n) is 3.01. The molecule has 1 aliphatic rings. The zero-order valence-corrected chi connectivity index (χ0v) is 13.8. The van der Waals surface area contributed by atoms with E-state index in [1.54, 1.807) is 12.5 Å². The summed E-state index contributed by atoms with van der Waals surface area (Å²) in [5, 5.41) is 3.21. The van der Waals surface area contributed by atoms with E-state index in [-0.39, 0.29) is 11.9 Å². The number of hydrogen-bond acceptors (Lipinski definition) is 4. The van der Waals surface area contributed by atoms with Crippen molar-refractivity contribution in [3.63, 3.8) is 0 Å². The molecule has 5 heteroatoms. The summed E-state index contributed by atoms with van der Waals surface area (Å²) in [6.45, 7) is 2.47. The van der Waals surface area contributed by atoms with Crippen molar-refractivity contribution in [2.24, 2.45) is 0 Å². The highest BCUT2D eigenvalue weighted by molar-refractivity contribution is 5.78. The lowest BCUT2D eigenvalue weighted by Gasteiger charge is -2.26. The quantitative estimate of drug-likeness (QED) is 0.908. The minimum Gasteiger partial charge on any atom is -0.352 e. The first-order chi connectivity index (χ1) is 10.7. The summed E-state index contributed by atoms with van der Waals surface area (Å²) in [5.41, 5.74) is 0.941. The van der Waals surface area contributed by atoms with Crippen LogP contribution in [0, 0.1) is 0 Å². The van der Waals surface area contributed by atoms with E-state index in [2.05, 4.69) is 22.2 Å². The van der Waals surface area contributed by atoms with Crippen molar-refractivity contribution in [2.45, 2.75) is 64.0 Å². The van der Waals surface area contributed by atoms with E-state index in [1.807, 2.05) is 18.0 Å². The summed E-state index contributed by atoms with van der Waals surface area (Å²) in [5.74, 6) is 0.119. The van der Waals surface area contributed by atoms with Gasteiger partial charge in [0.05, 0.1) is 12.2 Å². The highest BCUT2D eigenvalue weighted by Gasteiger charge is 2.18. The summed E-state index contributed by atoms with van der Waals surface area (Å²) in [4.78, 5) is 22.5. The monoisotopic (exact) mass is 304 g/mol. The molecule has 0 aromatic carbocycles. The number of nitrogens with one attached hydrogen (secondary N) is 1. The van der Waals surface area contributed by atoms with Gasteiger partial charge in [-0.3, -0.25) is 9.69 Å². The Balaban J connectivity index is 1.80. The van der Waals surface area contributed by atoms with Gasteiger partial charge in [0.2, 0.25) is 5.91 Å². The van der Waals surface area contributed by atoms with Crippen LogP contribution in [0.25, 0.3) is 0 Å². The largest absolute Gasteiger partial charge is 0.352 e. The molecule has 0 unspecified atom stereocenters. The molecule has 0 radical (unpaired) electrons. The van der Waals surface area contributed by atoms with Crippen molar-refractivity contribution < 1.29 is 4.79 Å². The molecule has 1 amide bonds. The summed E-state index contributed by atoms with van der Waals surface area (Å²) in [7, 11) is 1.96. The van der Waals surface area contributed by atoms with Gasteiger partial charge >= 0.3 is 0 Å². The third-order valence-corrected chi connectivity index (χ3v) is 4.56. The number of rotatable bonds is 5. The molecule has 0 spiro atoms. The molecule has 1 aromatic heterocycles. The van der Waals surface area contributed by atoms with Gasteiger partial charge in [-0.25, -0.2) is 9.97 Å². The predicted octanol–water partition coefficient (Wildman–Crippen LogP) is 2.70. The van der Waals surface area contributed by atoms with Crippen LogP contribution < -0.4 is 5.32 Å². The molecule has 1 fully saturated rings. The van der Waals surface area contributed by atoms with Gasteiger partial charge in [-0.1, -0.05) is 32.1 Å². The Labute approximate surface area is 133 Å². The third kappa shape index (κ3) is 5.37. The minimum atomic E-state index is 0.103. The van der Waals surface area contributed by atoms with Crippen LogP contribution in [0.15, 0.2) is 18.6 Å². The van der Waals surface area contributed by atoms with Crippen LogP contribution in [-0.4, -0.2) is 40.4 Å². The lowest BCUT2D eigenvalue weighted by Crippen LogP contribution is -2.42. The van der Waals surface area contributed by atoms with E-state index >= 15 is 0 Å². The van der Waals surface area contributed by atoms with Crippen molar-refractivity contribution in [1.29, 1.82) is 0 Å². The minimum absolute atomic E-state index is 0.103. The first kappa shape index (κ1) is 16.9. The SMILES string of the molecule is C[C@@H](c1ccncn1)N(C)CC(=O)NC1CCCCCCC1. The molecule has 1 N–H and O–H groups in total. The summed E-state index contributed by atoms with van der Waals surface area (Å²) < 4.78 is 0. The molecule has 1 aliphatic carbocycles. The Morgan fingerprint density at radius 3 is 2.64 bits per heavy atom. The predicted molar refractivity (Wildman–Crippen MR) is 87.3 cm³/mol. The maximum Gasteiger partial charge on any atom is 0.234 e.